The van der Waals surface area contributed by atoms with Crippen molar-refractivity contribution in [1.82, 2.24) is 0 Å². The van der Waals surface area contributed by atoms with Gasteiger partial charge in [0.05, 0.1) is 0 Å². The number of nitriles is 6. The zero-order chi connectivity index (χ0) is 12.6. The summed E-state index contributed by atoms with van der Waals surface area (Å²) in [6.45, 7) is 0. The van der Waals surface area contributed by atoms with Gasteiger partial charge in [-0.1, -0.05) is 0 Å². The third-order valence-corrected chi connectivity index (χ3v) is 6.19. The predicted octanol–water partition coefficient (Wildman–Crippen LogP) is -0.578. The fraction of sp³-hybridized carbons (Fsp3) is 0. The fourth-order valence-corrected chi connectivity index (χ4v) is 1.03. The second-order valence-corrected chi connectivity index (χ2v) is 10.8. The van der Waals surface area contributed by atoms with E-state index in [4.69, 9.17) is 31.6 Å². The molecule has 0 aromatic rings. The van der Waals surface area contributed by atoms with Gasteiger partial charge in [0, 0.05) is 0 Å². The summed E-state index contributed by atoms with van der Waals surface area (Å²) in [7, 11) is -9.51. The van der Waals surface area contributed by atoms with E-state index in [9.17, 15) is 8.08 Å². The molecule has 1 N–H and O–H groups in total. The summed E-state index contributed by atoms with van der Waals surface area (Å²) >= 11 is 0. The van der Waals surface area contributed by atoms with Crippen molar-refractivity contribution in [1.29, 1.82) is 31.6 Å². The van der Waals surface area contributed by atoms with Crippen molar-refractivity contribution in [3.05, 3.63) is 0 Å². The second-order valence-electron chi connectivity index (χ2n) is 2.61. The van der Waals surface area contributed by atoms with Crippen molar-refractivity contribution in [2.75, 3.05) is 0 Å². The van der Waals surface area contributed by atoms with E-state index in [1.165, 1.54) is 0 Å². The molecule has 0 aromatic carbocycles. The summed E-state index contributed by atoms with van der Waals surface area (Å²) in [6.07, 6.45) is 0. The van der Waals surface area contributed by atoms with Crippen LogP contribution in [-0.4, -0.2) is 4.22 Å². The molecule has 0 heterocycles. The van der Waals surface area contributed by atoms with E-state index in [0.717, 1.165) is 0 Å². The number of hydrogen-bond acceptors (Lipinski definition) is 7. The third kappa shape index (κ3) is 0.618. The molecule has 0 unspecified atom stereocenters. The summed E-state index contributed by atoms with van der Waals surface area (Å²) in [5.74, 6) is 0. The van der Waals surface area contributed by atoms with Crippen LogP contribution in [0.1, 0.15) is 0 Å². The van der Waals surface area contributed by atoms with Crippen molar-refractivity contribution in [3.63, 3.8) is 0 Å². The molecule has 9 heteroatoms. The van der Waals surface area contributed by atoms with E-state index in [2.05, 4.69) is 0 Å². The SMILES string of the molecule is N#[C][Co](=[O])([OH])([C]#N)([C]#N)([C]#N)([C]#N)[C]#N. The van der Waals surface area contributed by atoms with E-state index >= 15 is 0 Å². The van der Waals surface area contributed by atoms with E-state index in [1.54, 1.807) is 0 Å². The van der Waals surface area contributed by atoms with Crippen LogP contribution in [0, 0.1) is 61.6 Å². The average Bonchev–Trinajstić information content (AvgIpc) is 2.33. The molecule has 0 bridgehead atoms. The Hall–Kier alpha value is -2.79. The zero-order valence-corrected chi connectivity index (χ0v) is 7.91. The normalized spacial score (nSPS) is 19.4. The van der Waals surface area contributed by atoms with Crippen LogP contribution < -0.4 is 0 Å². The Labute approximate surface area is 78.9 Å². The first-order valence-electron chi connectivity index (χ1n) is 2.63. The van der Waals surface area contributed by atoms with Crippen molar-refractivity contribution < 1.29 is 16.8 Å². The molecule has 8 nitrogen and oxygen atoms in total. The van der Waals surface area contributed by atoms with Gasteiger partial charge in [0.15, 0.2) is 0 Å². The van der Waals surface area contributed by atoms with Gasteiger partial charge in [-0.25, -0.2) is 0 Å². The first-order chi connectivity index (χ1) is 6.45. The van der Waals surface area contributed by atoms with Gasteiger partial charge in [-0.2, -0.15) is 0 Å². The Bertz CT molecular complexity index is 645. The molecule has 0 amide bonds. The van der Waals surface area contributed by atoms with Crippen LogP contribution in [-0.2, 0) is 12.6 Å². The molecule has 0 atom stereocenters. The molecule has 0 aliphatic rings. The Morgan fingerprint density at radius 1 is 0.667 bits per heavy atom. The minimum absolute atomic E-state index is 0.166. The van der Waals surface area contributed by atoms with E-state index in [1.807, 2.05) is 0 Å². The molecule has 0 aliphatic carbocycles. The molecule has 0 spiro atoms. The Morgan fingerprint density at radius 3 is 0.800 bits per heavy atom. The quantitative estimate of drug-likeness (QED) is 0.590. The van der Waals surface area contributed by atoms with Gasteiger partial charge in [0.25, 0.3) is 0 Å². The molecule has 15 heavy (non-hydrogen) atoms. The minimum atomic E-state index is -9.51. The van der Waals surface area contributed by atoms with Crippen molar-refractivity contribution in [3.8, 4) is 30.0 Å². The summed E-state index contributed by atoms with van der Waals surface area (Å²) in [6, 6.07) is 0. The van der Waals surface area contributed by atoms with Crippen LogP contribution >= 0.6 is 0 Å². The third-order valence-electron chi connectivity index (χ3n) is 1.50. The number of hydrogen-bond donors (Lipinski definition) is 1. The standard InChI is InChI=1S/6CN.Co.H2O.O/c6*1-2;;;/h;;;;;;;1H2;/q;;;;;;+1;;/p-1. The Balaban J connectivity index is 8.51. The van der Waals surface area contributed by atoms with Crippen LogP contribution in [0.2, 0.25) is 0 Å². The Morgan fingerprint density at radius 2 is 0.800 bits per heavy atom. The van der Waals surface area contributed by atoms with Crippen LogP contribution in [0.5, 0.6) is 0 Å². The summed E-state index contributed by atoms with van der Waals surface area (Å²) < 4.78 is 21.8. The molecule has 0 rings (SSSR count). The molecule has 0 saturated carbocycles. The molecule has 0 saturated heterocycles. The van der Waals surface area contributed by atoms with Crippen molar-refractivity contribution in [2.45, 2.75) is 0 Å². The Kier molecular flexibility index (Phi) is 0.976. The van der Waals surface area contributed by atoms with Crippen LogP contribution in [0.3, 0.4) is 0 Å². The van der Waals surface area contributed by atoms with Gasteiger partial charge in [0.1, 0.15) is 0 Å². The van der Waals surface area contributed by atoms with E-state index < -0.39 is 8.71 Å². The summed E-state index contributed by atoms with van der Waals surface area (Å²) in [5.41, 5.74) is 0. The van der Waals surface area contributed by atoms with E-state index in [0.29, 0.717) is 0 Å². The van der Waals surface area contributed by atoms with Gasteiger partial charge in [-0.05, 0) is 0 Å². The average molecular weight is 248 g/mol. The number of nitrogens with zero attached hydrogens (tertiary/aromatic N) is 6. The summed E-state index contributed by atoms with van der Waals surface area (Å²) in [4.78, 5) is 0. The van der Waals surface area contributed by atoms with Crippen LogP contribution in [0.15, 0.2) is 0 Å². The van der Waals surface area contributed by atoms with Gasteiger partial charge in [-0.3, -0.25) is 0 Å². The topological polar surface area (TPSA) is 180 Å². The molecule has 0 fully saturated rings. The maximum absolute atomic E-state index is 12.1. The van der Waals surface area contributed by atoms with Crippen molar-refractivity contribution >= 4 is 0 Å². The monoisotopic (exact) mass is 248 g/mol. The first-order valence-corrected chi connectivity index (χ1v) is 6.64. The van der Waals surface area contributed by atoms with Gasteiger partial charge >= 0.3 is 78.4 Å². The molecule has 0 radical (unpaired) electrons. The predicted molar refractivity (Wildman–Crippen MR) is 36.6 cm³/mol. The molecular formula is C6HCoN6O2. The molecule has 76 valence electrons. The molecule has 0 aliphatic heterocycles. The summed E-state index contributed by atoms with van der Waals surface area (Å²) in [5, 5.41) is 52.2. The van der Waals surface area contributed by atoms with Gasteiger partial charge < -0.3 is 0 Å². The number of rotatable bonds is 0. The van der Waals surface area contributed by atoms with Crippen molar-refractivity contribution in [2.24, 2.45) is 0 Å². The van der Waals surface area contributed by atoms with Gasteiger partial charge in [0.2, 0.25) is 0 Å². The zero-order valence-electron chi connectivity index (χ0n) is 6.87. The van der Waals surface area contributed by atoms with Crippen LogP contribution in [0.4, 0.5) is 0 Å². The van der Waals surface area contributed by atoms with E-state index in [-0.39, 0.29) is 30.0 Å². The first kappa shape index (κ1) is 12.2. The fourth-order valence-electron chi connectivity index (χ4n) is 0.250. The second kappa shape index (κ2) is 1.20. The maximum atomic E-state index is 12.1. The molecule has 0 aromatic heterocycles. The molecular weight excluding hydrogens is 247 g/mol. The van der Waals surface area contributed by atoms with Gasteiger partial charge in [-0.15, -0.1) is 0 Å². The van der Waals surface area contributed by atoms with Crippen LogP contribution in [0.25, 0.3) is 0 Å².